The van der Waals surface area contributed by atoms with Crippen molar-refractivity contribution in [3.63, 3.8) is 0 Å². The van der Waals surface area contributed by atoms with E-state index in [1.807, 2.05) is 0 Å². The van der Waals surface area contributed by atoms with E-state index in [1.165, 1.54) is 29.6 Å². The molecule has 0 saturated heterocycles. The summed E-state index contributed by atoms with van der Waals surface area (Å²) in [5, 5.41) is 6.75. The predicted octanol–water partition coefficient (Wildman–Crippen LogP) is 2.98. The zero-order valence-electron chi connectivity index (χ0n) is 14.2. The molecule has 0 spiro atoms. The van der Waals surface area contributed by atoms with Crippen LogP contribution in [0.4, 0.5) is 0 Å². The Kier molecular flexibility index (Phi) is 6.25. The zero-order valence-corrected chi connectivity index (χ0v) is 16.6. The number of nitrogens with two attached hydrogens (primary N) is 1. The Morgan fingerprint density at radius 2 is 1.54 bits per heavy atom. The van der Waals surface area contributed by atoms with Crippen LogP contribution in [0.15, 0.2) is 58.8 Å². The molecule has 0 amide bonds. The molecule has 2 rings (SSSR count). The van der Waals surface area contributed by atoms with Crippen molar-refractivity contribution in [2.45, 2.75) is 17.9 Å². The van der Waals surface area contributed by atoms with Crippen molar-refractivity contribution in [3.05, 3.63) is 70.1 Å². The van der Waals surface area contributed by atoms with E-state index in [4.69, 9.17) is 16.7 Å². The van der Waals surface area contributed by atoms with Gasteiger partial charge in [0.1, 0.15) is 0 Å². The van der Waals surface area contributed by atoms with E-state index in [0.717, 1.165) is 5.41 Å². The standard InChI is InChI=1S/C17H19ClN2O4S2/c1-13(15-5-9-17(10-6-15)26(19,23)24)20(2)25(21,22)12-11-14-3-7-16(18)8-4-14/h3-13H,1-2H3,(H2,19,23,24)/b12-11+. The third-order valence-corrected chi connectivity index (χ3v) is 6.72. The molecule has 2 aromatic carbocycles. The average molecular weight is 415 g/mol. The van der Waals surface area contributed by atoms with Gasteiger partial charge in [0.05, 0.1) is 4.90 Å². The normalized spacial score (nSPS) is 14.0. The van der Waals surface area contributed by atoms with Gasteiger partial charge in [-0.15, -0.1) is 0 Å². The fourth-order valence-corrected chi connectivity index (χ4v) is 3.93. The van der Waals surface area contributed by atoms with Crippen molar-refractivity contribution in [2.24, 2.45) is 5.14 Å². The highest BCUT2D eigenvalue weighted by Gasteiger charge is 2.22. The van der Waals surface area contributed by atoms with Crippen LogP contribution in [0.1, 0.15) is 24.1 Å². The highest BCUT2D eigenvalue weighted by atomic mass is 35.5. The minimum Gasteiger partial charge on any atom is -0.225 e. The fraction of sp³-hybridized carbons (Fsp3) is 0.176. The van der Waals surface area contributed by atoms with E-state index in [1.54, 1.807) is 43.3 Å². The van der Waals surface area contributed by atoms with Crippen LogP contribution in [-0.2, 0) is 20.0 Å². The quantitative estimate of drug-likeness (QED) is 0.785. The van der Waals surface area contributed by atoms with Crippen molar-refractivity contribution in [2.75, 3.05) is 7.05 Å². The summed E-state index contributed by atoms with van der Waals surface area (Å²) in [6.45, 7) is 1.71. The van der Waals surface area contributed by atoms with Gasteiger partial charge in [-0.1, -0.05) is 35.9 Å². The molecule has 0 aliphatic carbocycles. The molecule has 0 saturated carbocycles. The van der Waals surface area contributed by atoms with E-state index in [2.05, 4.69) is 0 Å². The average Bonchev–Trinajstić information content (AvgIpc) is 2.59. The van der Waals surface area contributed by atoms with E-state index in [-0.39, 0.29) is 4.90 Å². The summed E-state index contributed by atoms with van der Waals surface area (Å²) >= 11 is 5.80. The molecule has 0 fully saturated rings. The largest absolute Gasteiger partial charge is 0.238 e. The molecule has 0 radical (unpaired) electrons. The second-order valence-corrected chi connectivity index (χ2v) is 9.58. The highest BCUT2D eigenvalue weighted by Crippen LogP contribution is 2.24. The van der Waals surface area contributed by atoms with Crippen molar-refractivity contribution in [1.29, 1.82) is 0 Å². The first-order valence-corrected chi connectivity index (χ1v) is 11.0. The van der Waals surface area contributed by atoms with Gasteiger partial charge in [-0.3, -0.25) is 0 Å². The van der Waals surface area contributed by atoms with Crippen LogP contribution in [0.5, 0.6) is 0 Å². The number of rotatable bonds is 6. The van der Waals surface area contributed by atoms with Gasteiger partial charge in [-0.25, -0.2) is 22.0 Å². The summed E-state index contributed by atoms with van der Waals surface area (Å²) in [6, 6.07) is 12.1. The van der Waals surface area contributed by atoms with Gasteiger partial charge < -0.3 is 0 Å². The van der Waals surface area contributed by atoms with Crippen LogP contribution in [0.25, 0.3) is 6.08 Å². The second kappa shape index (κ2) is 7.89. The molecule has 0 aliphatic rings. The van der Waals surface area contributed by atoms with Gasteiger partial charge in [0.25, 0.3) is 0 Å². The molecule has 26 heavy (non-hydrogen) atoms. The highest BCUT2D eigenvalue weighted by molar-refractivity contribution is 7.92. The van der Waals surface area contributed by atoms with Gasteiger partial charge in [0.2, 0.25) is 20.0 Å². The Morgan fingerprint density at radius 1 is 1.00 bits per heavy atom. The molecule has 1 unspecified atom stereocenters. The topological polar surface area (TPSA) is 97.5 Å². The van der Waals surface area contributed by atoms with E-state index >= 15 is 0 Å². The number of halogens is 1. The Bertz CT molecular complexity index is 1000. The summed E-state index contributed by atoms with van der Waals surface area (Å²) < 4.78 is 48.8. The first-order chi connectivity index (χ1) is 12.0. The Labute approximate surface area is 159 Å². The van der Waals surface area contributed by atoms with E-state index in [9.17, 15) is 16.8 Å². The Morgan fingerprint density at radius 3 is 2.04 bits per heavy atom. The van der Waals surface area contributed by atoms with E-state index in [0.29, 0.717) is 16.1 Å². The van der Waals surface area contributed by atoms with Crippen molar-refractivity contribution in [1.82, 2.24) is 4.31 Å². The van der Waals surface area contributed by atoms with Crippen LogP contribution >= 0.6 is 11.6 Å². The molecular weight excluding hydrogens is 396 g/mol. The predicted molar refractivity (Wildman–Crippen MR) is 103 cm³/mol. The summed E-state index contributed by atoms with van der Waals surface area (Å²) in [6.07, 6.45) is 1.49. The van der Waals surface area contributed by atoms with Crippen LogP contribution in [0.3, 0.4) is 0 Å². The molecule has 140 valence electrons. The van der Waals surface area contributed by atoms with Gasteiger partial charge in [-0.2, -0.15) is 4.31 Å². The van der Waals surface area contributed by atoms with Crippen LogP contribution in [0.2, 0.25) is 5.02 Å². The lowest BCUT2D eigenvalue weighted by Gasteiger charge is -2.23. The lowest BCUT2D eigenvalue weighted by molar-refractivity contribution is 0.404. The first kappa shape index (κ1) is 20.6. The first-order valence-electron chi connectivity index (χ1n) is 7.55. The molecule has 0 heterocycles. The lowest BCUT2D eigenvalue weighted by atomic mass is 10.1. The summed E-state index contributed by atoms with van der Waals surface area (Å²) in [5.41, 5.74) is 1.35. The Balaban J connectivity index is 2.20. The van der Waals surface area contributed by atoms with Crippen LogP contribution < -0.4 is 5.14 Å². The smallest absolute Gasteiger partial charge is 0.225 e. The third-order valence-electron chi connectivity index (χ3n) is 3.94. The van der Waals surface area contributed by atoms with Gasteiger partial charge in [0, 0.05) is 23.5 Å². The molecule has 1 atom stereocenters. The van der Waals surface area contributed by atoms with Gasteiger partial charge in [0.15, 0.2) is 0 Å². The molecule has 0 aliphatic heterocycles. The molecular formula is C17H19ClN2O4S2. The second-order valence-electron chi connectivity index (χ2n) is 5.71. The maximum Gasteiger partial charge on any atom is 0.238 e. The van der Waals surface area contributed by atoms with Crippen LogP contribution in [0, 0.1) is 0 Å². The SMILES string of the molecule is CC(c1ccc(S(N)(=O)=O)cc1)N(C)S(=O)(=O)/C=C/c1ccc(Cl)cc1. The van der Waals surface area contributed by atoms with E-state index < -0.39 is 26.1 Å². The number of hydrogen-bond donors (Lipinski definition) is 1. The van der Waals surface area contributed by atoms with Crippen molar-refractivity contribution < 1.29 is 16.8 Å². The number of sulfonamides is 2. The summed E-state index contributed by atoms with van der Waals surface area (Å²) in [7, 11) is -6.01. The summed E-state index contributed by atoms with van der Waals surface area (Å²) in [4.78, 5) is -0.0263. The minimum atomic E-state index is -3.79. The molecule has 2 N–H and O–H groups in total. The maximum atomic E-state index is 12.5. The number of nitrogens with zero attached hydrogens (tertiary/aromatic N) is 1. The molecule has 0 aromatic heterocycles. The fourth-order valence-electron chi connectivity index (χ4n) is 2.20. The molecule has 0 bridgehead atoms. The Hall–Kier alpha value is -1.71. The van der Waals surface area contributed by atoms with Gasteiger partial charge >= 0.3 is 0 Å². The maximum absolute atomic E-state index is 12.5. The lowest BCUT2D eigenvalue weighted by Crippen LogP contribution is -2.28. The van der Waals surface area contributed by atoms with Crippen molar-refractivity contribution in [3.8, 4) is 0 Å². The number of benzene rings is 2. The summed E-state index contributed by atoms with van der Waals surface area (Å²) in [5.74, 6) is 0. The van der Waals surface area contributed by atoms with Crippen molar-refractivity contribution >= 4 is 37.7 Å². The number of hydrogen-bond acceptors (Lipinski definition) is 4. The number of primary sulfonamides is 1. The van der Waals surface area contributed by atoms with Crippen LogP contribution in [-0.4, -0.2) is 28.2 Å². The molecule has 6 nitrogen and oxygen atoms in total. The zero-order chi connectivity index (χ0) is 19.5. The molecule has 9 heteroatoms. The van der Waals surface area contributed by atoms with Gasteiger partial charge in [-0.05, 0) is 48.4 Å². The monoisotopic (exact) mass is 414 g/mol. The molecule has 2 aromatic rings. The minimum absolute atomic E-state index is 0.0263. The third kappa shape index (κ3) is 5.15.